The zero-order valence-corrected chi connectivity index (χ0v) is 13.2. The van der Waals surface area contributed by atoms with Crippen LogP contribution >= 0.6 is 0 Å². The molecule has 2 bridgehead atoms. The summed E-state index contributed by atoms with van der Waals surface area (Å²) in [6.07, 6.45) is 16.3. The Hall–Kier alpha value is -0.0800. The molecule has 3 unspecified atom stereocenters. The number of nitrogens with zero attached hydrogens (tertiary/aromatic N) is 1. The van der Waals surface area contributed by atoms with E-state index in [1.807, 2.05) is 0 Å². The highest BCUT2D eigenvalue weighted by Crippen LogP contribution is 2.54. The van der Waals surface area contributed by atoms with E-state index in [9.17, 15) is 0 Å². The number of nitrogens with one attached hydrogen (secondary N) is 1. The summed E-state index contributed by atoms with van der Waals surface area (Å²) in [6, 6.07) is 3.52. The van der Waals surface area contributed by atoms with Crippen molar-refractivity contribution in [1.82, 2.24) is 10.2 Å². The molecule has 0 aromatic carbocycles. The van der Waals surface area contributed by atoms with Crippen LogP contribution in [0, 0.1) is 5.41 Å². The lowest BCUT2D eigenvalue weighted by Gasteiger charge is -2.58. The van der Waals surface area contributed by atoms with Crippen LogP contribution in [-0.4, -0.2) is 35.6 Å². The predicted octanol–water partition coefficient (Wildman–Crippen LogP) is 3.70. The van der Waals surface area contributed by atoms with Crippen molar-refractivity contribution in [3.63, 3.8) is 0 Å². The second-order valence-electron chi connectivity index (χ2n) is 8.07. The monoisotopic (exact) mass is 276 g/mol. The summed E-state index contributed by atoms with van der Waals surface area (Å²) in [7, 11) is 0. The number of hydrogen-bond donors (Lipinski definition) is 1. The second-order valence-corrected chi connectivity index (χ2v) is 8.07. The Balaban J connectivity index is 1.47. The molecular weight excluding hydrogens is 244 g/mol. The Morgan fingerprint density at radius 3 is 2.20 bits per heavy atom. The van der Waals surface area contributed by atoms with Gasteiger partial charge in [0.15, 0.2) is 0 Å². The zero-order chi connectivity index (χ0) is 13.6. The van der Waals surface area contributed by atoms with Gasteiger partial charge >= 0.3 is 0 Å². The molecule has 2 saturated heterocycles. The molecule has 4 fully saturated rings. The van der Waals surface area contributed by atoms with Crippen molar-refractivity contribution >= 4 is 0 Å². The third-order valence-electron chi connectivity index (χ3n) is 7.15. The Morgan fingerprint density at radius 2 is 1.65 bits per heavy atom. The number of fused-ring (bicyclic) bond motifs is 2. The molecule has 0 amide bonds. The molecule has 0 radical (unpaired) electrons. The molecule has 2 aliphatic heterocycles. The molecule has 20 heavy (non-hydrogen) atoms. The number of piperidine rings is 1. The lowest BCUT2D eigenvalue weighted by atomic mass is 9.56. The summed E-state index contributed by atoms with van der Waals surface area (Å²) in [5.41, 5.74) is 0.748. The van der Waals surface area contributed by atoms with Gasteiger partial charge in [-0.3, -0.25) is 4.90 Å². The van der Waals surface area contributed by atoms with Crippen LogP contribution in [0.4, 0.5) is 0 Å². The number of hydrogen-bond acceptors (Lipinski definition) is 2. The fourth-order valence-electron chi connectivity index (χ4n) is 6.07. The van der Waals surface area contributed by atoms with Crippen molar-refractivity contribution in [3.8, 4) is 0 Å². The summed E-state index contributed by atoms with van der Waals surface area (Å²) in [4.78, 5) is 2.96. The first kappa shape index (κ1) is 13.6. The van der Waals surface area contributed by atoms with E-state index < -0.39 is 0 Å². The Morgan fingerprint density at radius 1 is 0.950 bits per heavy atom. The molecule has 4 aliphatic rings. The van der Waals surface area contributed by atoms with E-state index in [0.717, 1.165) is 29.6 Å². The average molecular weight is 276 g/mol. The Bertz CT molecular complexity index is 335. The minimum absolute atomic E-state index is 0.748. The third-order valence-corrected chi connectivity index (χ3v) is 7.15. The molecule has 2 heterocycles. The number of rotatable bonds is 3. The first-order valence-electron chi connectivity index (χ1n) is 9.32. The van der Waals surface area contributed by atoms with Crippen LogP contribution in [0.25, 0.3) is 0 Å². The zero-order valence-electron chi connectivity index (χ0n) is 13.2. The van der Waals surface area contributed by atoms with E-state index in [4.69, 9.17) is 0 Å². The van der Waals surface area contributed by atoms with Gasteiger partial charge in [0, 0.05) is 24.2 Å². The molecule has 0 aromatic heterocycles. The highest BCUT2D eigenvalue weighted by molar-refractivity contribution is 5.06. The molecule has 114 valence electrons. The lowest BCUT2D eigenvalue weighted by molar-refractivity contribution is -0.0756. The van der Waals surface area contributed by atoms with E-state index >= 15 is 0 Å². The molecular formula is C18H32N2. The molecule has 0 aromatic rings. The van der Waals surface area contributed by atoms with Gasteiger partial charge in [0.25, 0.3) is 0 Å². The van der Waals surface area contributed by atoms with Crippen molar-refractivity contribution in [2.24, 2.45) is 5.41 Å². The van der Waals surface area contributed by atoms with Crippen LogP contribution in [-0.2, 0) is 0 Å². The maximum absolute atomic E-state index is 3.82. The maximum Gasteiger partial charge on any atom is 0.0155 e. The van der Waals surface area contributed by atoms with E-state index in [-0.39, 0.29) is 0 Å². The van der Waals surface area contributed by atoms with Crippen LogP contribution in [0.2, 0.25) is 0 Å². The quantitative estimate of drug-likeness (QED) is 0.845. The minimum atomic E-state index is 0.748. The normalized spacial score (nSPS) is 42.9. The van der Waals surface area contributed by atoms with E-state index in [1.165, 1.54) is 77.2 Å². The Kier molecular flexibility index (Phi) is 3.58. The van der Waals surface area contributed by atoms with Gasteiger partial charge in [-0.05, 0) is 63.3 Å². The van der Waals surface area contributed by atoms with Crippen molar-refractivity contribution < 1.29 is 0 Å². The summed E-state index contributed by atoms with van der Waals surface area (Å²) in [6.45, 7) is 3.70. The molecule has 2 saturated carbocycles. The van der Waals surface area contributed by atoms with Gasteiger partial charge in [0.05, 0.1) is 0 Å². The smallest absolute Gasteiger partial charge is 0.0155 e. The van der Waals surface area contributed by atoms with Gasteiger partial charge in [-0.2, -0.15) is 0 Å². The lowest BCUT2D eigenvalue weighted by Crippen LogP contribution is -2.61. The van der Waals surface area contributed by atoms with Gasteiger partial charge in [-0.1, -0.05) is 26.2 Å². The largest absolute Gasteiger partial charge is 0.311 e. The van der Waals surface area contributed by atoms with Crippen LogP contribution in [0.1, 0.15) is 77.6 Å². The highest BCUT2D eigenvalue weighted by Gasteiger charge is 2.51. The summed E-state index contributed by atoms with van der Waals surface area (Å²) in [5, 5.41) is 3.82. The predicted molar refractivity (Wildman–Crippen MR) is 83.9 cm³/mol. The molecule has 2 aliphatic carbocycles. The summed E-state index contributed by atoms with van der Waals surface area (Å²) in [5.74, 6) is 0. The second kappa shape index (κ2) is 5.28. The fourth-order valence-corrected chi connectivity index (χ4v) is 6.07. The topological polar surface area (TPSA) is 15.3 Å². The molecule has 4 rings (SSSR count). The molecule has 3 atom stereocenters. The molecule has 1 spiro atoms. The van der Waals surface area contributed by atoms with Gasteiger partial charge in [-0.15, -0.1) is 0 Å². The first-order chi connectivity index (χ1) is 9.81. The van der Waals surface area contributed by atoms with Crippen molar-refractivity contribution in [2.45, 2.75) is 102 Å². The van der Waals surface area contributed by atoms with Gasteiger partial charge in [0.1, 0.15) is 0 Å². The minimum Gasteiger partial charge on any atom is -0.311 e. The van der Waals surface area contributed by atoms with Gasteiger partial charge in [-0.25, -0.2) is 0 Å². The van der Waals surface area contributed by atoms with Crippen molar-refractivity contribution in [2.75, 3.05) is 6.54 Å². The van der Waals surface area contributed by atoms with E-state index in [2.05, 4.69) is 17.1 Å². The van der Waals surface area contributed by atoms with Crippen LogP contribution in [0.5, 0.6) is 0 Å². The van der Waals surface area contributed by atoms with Crippen molar-refractivity contribution in [3.05, 3.63) is 0 Å². The fraction of sp³-hybridized carbons (Fsp3) is 1.00. The third kappa shape index (κ3) is 2.14. The van der Waals surface area contributed by atoms with Crippen LogP contribution < -0.4 is 5.32 Å². The molecule has 2 nitrogen and oxygen atoms in total. The summed E-state index contributed by atoms with van der Waals surface area (Å²) >= 11 is 0. The molecule has 1 N–H and O–H groups in total. The van der Waals surface area contributed by atoms with Crippen LogP contribution in [0.3, 0.4) is 0 Å². The van der Waals surface area contributed by atoms with E-state index in [1.54, 1.807) is 0 Å². The first-order valence-corrected chi connectivity index (χ1v) is 9.32. The van der Waals surface area contributed by atoms with Crippen LogP contribution in [0.15, 0.2) is 0 Å². The average Bonchev–Trinajstić information content (AvgIpc) is 2.82. The Labute approximate surface area is 124 Å². The SMILES string of the molecule is CCN(C1CC2CCC(C1)N2)C1CCC12CCCCC2. The standard InChI is InChI=1S/C18H32N2/c1-2-20(16-12-14-6-7-15(13-16)19-14)17-8-11-18(17)9-4-3-5-10-18/h14-17,19H,2-13H2,1H3. The molecule has 2 heteroatoms. The highest BCUT2D eigenvalue weighted by atomic mass is 15.2. The van der Waals surface area contributed by atoms with Gasteiger partial charge < -0.3 is 5.32 Å². The summed E-state index contributed by atoms with van der Waals surface area (Å²) < 4.78 is 0. The van der Waals surface area contributed by atoms with Gasteiger partial charge in [0.2, 0.25) is 0 Å². The maximum atomic E-state index is 3.82. The van der Waals surface area contributed by atoms with Crippen molar-refractivity contribution in [1.29, 1.82) is 0 Å². The van der Waals surface area contributed by atoms with E-state index in [0.29, 0.717) is 0 Å².